The van der Waals surface area contributed by atoms with Gasteiger partial charge in [-0.15, -0.1) is 0 Å². The van der Waals surface area contributed by atoms with Crippen LogP contribution in [0.1, 0.15) is 39.5 Å². The Bertz CT molecular complexity index is 257. The third kappa shape index (κ3) is 2.89. The molecule has 3 heteroatoms. The number of hydrogen-bond acceptors (Lipinski definition) is 3. The summed E-state index contributed by atoms with van der Waals surface area (Å²) in [5, 5.41) is 3.37. The van der Waals surface area contributed by atoms with Crippen LogP contribution in [0.3, 0.4) is 0 Å². The van der Waals surface area contributed by atoms with E-state index in [1.165, 1.54) is 45.3 Å². The van der Waals surface area contributed by atoms with Crippen molar-refractivity contribution < 1.29 is 4.74 Å². The van der Waals surface area contributed by atoms with E-state index in [0.29, 0.717) is 10.8 Å². The summed E-state index contributed by atoms with van der Waals surface area (Å²) in [5.41, 5.74) is 0.965. The molecule has 2 aliphatic heterocycles. The standard InChI is InChI=1S/C15H30N2O/c1-4-14(5-2)6-8-17(11-14)12-15(10-16-3)7-9-18-13-15/h16H,4-13H2,1-3H3. The lowest BCUT2D eigenvalue weighted by Crippen LogP contribution is -2.44. The zero-order valence-corrected chi connectivity index (χ0v) is 12.4. The number of nitrogens with one attached hydrogen (secondary N) is 1. The van der Waals surface area contributed by atoms with Gasteiger partial charge in [-0.25, -0.2) is 0 Å². The molecule has 2 rings (SSSR count). The highest BCUT2D eigenvalue weighted by Gasteiger charge is 2.41. The van der Waals surface area contributed by atoms with Gasteiger partial charge in [0.1, 0.15) is 0 Å². The fourth-order valence-corrected chi connectivity index (χ4v) is 3.81. The van der Waals surface area contributed by atoms with Gasteiger partial charge in [0.25, 0.3) is 0 Å². The summed E-state index contributed by atoms with van der Waals surface area (Å²) >= 11 is 0. The van der Waals surface area contributed by atoms with Crippen molar-refractivity contribution in [3.05, 3.63) is 0 Å². The Kier molecular flexibility index (Phi) is 4.68. The lowest BCUT2D eigenvalue weighted by molar-refractivity contribution is 0.113. The summed E-state index contributed by atoms with van der Waals surface area (Å²) in [6.45, 7) is 11.5. The molecule has 0 aromatic rings. The predicted octanol–water partition coefficient (Wildman–Crippen LogP) is 2.12. The van der Waals surface area contributed by atoms with Gasteiger partial charge in [-0.2, -0.15) is 0 Å². The second-order valence-corrected chi connectivity index (χ2v) is 6.50. The SMILES string of the molecule is CCC1(CC)CCN(CC2(CNC)CCOC2)C1. The predicted molar refractivity (Wildman–Crippen MR) is 75.9 cm³/mol. The van der Waals surface area contributed by atoms with Crippen LogP contribution >= 0.6 is 0 Å². The Balaban J connectivity index is 1.93. The van der Waals surface area contributed by atoms with E-state index in [4.69, 9.17) is 4.74 Å². The molecule has 0 amide bonds. The fraction of sp³-hybridized carbons (Fsp3) is 1.00. The van der Waals surface area contributed by atoms with Crippen LogP contribution in [0.2, 0.25) is 0 Å². The average Bonchev–Trinajstić information content (AvgIpc) is 2.98. The van der Waals surface area contributed by atoms with E-state index in [2.05, 4.69) is 31.1 Å². The van der Waals surface area contributed by atoms with Gasteiger partial charge >= 0.3 is 0 Å². The molecule has 0 saturated carbocycles. The maximum atomic E-state index is 5.66. The molecule has 0 radical (unpaired) electrons. The maximum absolute atomic E-state index is 5.66. The Morgan fingerprint density at radius 2 is 1.94 bits per heavy atom. The first-order valence-electron chi connectivity index (χ1n) is 7.62. The van der Waals surface area contributed by atoms with Gasteiger partial charge in [-0.05, 0) is 44.7 Å². The zero-order valence-electron chi connectivity index (χ0n) is 12.4. The quantitative estimate of drug-likeness (QED) is 0.786. The second kappa shape index (κ2) is 5.89. The lowest BCUT2D eigenvalue weighted by Gasteiger charge is -2.33. The molecule has 106 valence electrons. The van der Waals surface area contributed by atoms with Crippen molar-refractivity contribution in [1.29, 1.82) is 0 Å². The van der Waals surface area contributed by atoms with Crippen LogP contribution in [0.4, 0.5) is 0 Å². The molecule has 0 aromatic carbocycles. The molecule has 0 spiro atoms. The summed E-state index contributed by atoms with van der Waals surface area (Å²) in [5.74, 6) is 0. The van der Waals surface area contributed by atoms with Crippen LogP contribution in [0.5, 0.6) is 0 Å². The van der Waals surface area contributed by atoms with Crippen molar-refractivity contribution in [2.75, 3.05) is 46.4 Å². The molecule has 0 aromatic heterocycles. The molecule has 0 aliphatic carbocycles. The molecule has 1 N–H and O–H groups in total. The Labute approximate surface area is 112 Å². The number of nitrogens with zero attached hydrogens (tertiary/aromatic N) is 1. The average molecular weight is 254 g/mol. The monoisotopic (exact) mass is 254 g/mol. The first-order valence-corrected chi connectivity index (χ1v) is 7.62. The van der Waals surface area contributed by atoms with E-state index in [0.717, 1.165) is 19.8 Å². The van der Waals surface area contributed by atoms with Gasteiger partial charge in [-0.1, -0.05) is 13.8 Å². The van der Waals surface area contributed by atoms with E-state index in [1.54, 1.807) is 0 Å². The van der Waals surface area contributed by atoms with Gasteiger partial charge in [0.15, 0.2) is 0 Å². The van der Waals surface area contributed by atoms with Gasteiger partial charge in [0, 0.05) is 31.7 Å². The van der Waals surface area contributed by atoms with E-state index in [9.17, 15) is 0 Å². The normalized spacial score (nSPS) is 32.2. The van der Waals surface area contributed by atoms with Crippen LogP contribution in [-0.4, -0.2) is 51.3 Å². The molecule has 3 nitrogen and oxygen atoms in total. The molecular weight excluding hydrogens is 224 g/mol. The van der Waals surface area contributed by atoms with Crippen molar-refractivity contribution in [2.24, 2.45) is 10.8 Å². The minimum Gasteiger partial charge on any atom is -0.381 e. The molecule has 1 atom stereocenters. The zero-order chi connectivity index (χ0) is 13.1. The van der Waals surface area contributed by atoms with Crippen molar-refractivity contribution >= 4 is 0 Å². The third-order valence-electron chi connectivity index (χ3n) is 5.31. The van der Waals surface area contributed by atoms with Gasteiger partial charge in [-0.3, -0.25) is 0 Å². The largest absolute Gasteiger partial charge is 0.381 e. The Morgan fingerprint density at radius 3 is 2.44 bits per heavy atom. The molecular formula is C15H30N2O. The Morgan fingerprint density at radius 1 is 1.17 bits per heavy atom. The van der Waals surface area contributed by atoms with E-state index in [-0.39, 0.29) is 0 Å². The van der Waals surface area contributed by atoms with Crippen LogP contribution < -0.4 is 5.32 Å². The molecule has 1 unspecified atom stereocenters. The highest BCUT2D eigenvalue weighted by molar-refractivity contribution is 4.94. The minimum absolute atomic E-state index is 0.367. The van der Waals surface area contributed by atoms with Crippen molar-refractivity contribution in [3.63, 3.8) is 0 Å². The molecule has 2 heterocycles. The molecule has 18 heavy (non-hydrogen) atoms. The second-order valence-electron chi connectivity index (χ2n) is 6.50. The first-order chi connectivity index (χ1) is 8.67. The van der Waals surface area contributed by atoms with E-state index in [1.807, 2.05) is 0 Å². The lowest BCUT2D eigenvalue weighted by atomic mass is 9.81. The summed E-state index contributed by atoms with van der Waals surface area (Å²) in [6.07, 6.45) is 5.26. The summed E-state index contributed by atoms with van der Waals surface area (Å²) in [6, 6.07) is 0. The van der Waals surface area contributed by atoms with E-state index < -0.39 is 0 Å². The summed E-state index contributed by atoms with van der Waals surface area (Å²) in [4.78, 5) is 2.69. The number of hydrogen-bond donors (Lipinski definition) is 1. The van der Waals surface area contributed by atoms with Gasteiger partial charge in [0.05, 0.1) is 6.61 Å². The van der Waals surface area contributed by atoms with E-state index >= 15 is 0 Å². The van der Waals surface area contributed by atoms with Crippen molar-refractivity contribution in [1.82, 2.24) is 10.2 Å². The van der Waals surface area contributed by atoms with Crippen LogP contribution in [-0.2, 0) is 4.74 Å². The molecule has 2 aliphatic rings. The van der Waals surface area contributed by atoms with Crippen LogP contribution in [0.25, 0.3) is 0 Å². The molecule has 2 saturated heterocycles. The third-order valence-corrected chi connectivity index (χ3v) is 5.31. The maximum Gasteiger partial charge on any atom is 0.0547 e. The van der Waals surface area contributed by atoms with Gasteiger partial charge in [0.2, 0.25) is 0 Å². The van der Waals surface area contributed by atoms with Crippen LogP contribution in [0.15, 0.2) is 0 Å². The highest BCUT2D eigenvalue weighted by atomic mass is 16.5. The summed E-state index contributed by atoms with van der Waals surface area (Å²) in [7, 11) is 2.06. The summed E-state index contributed by atoms with van der Waals surface area (Å²) < 4.78 is 5.66. The highest BCUT2D eigenvalue weighted by Crippen LogP contribution is 2.39. The number of rotatable bonds is 6. The van der Waals surface area contributed by atoms with Crippen LogP contribution in [0, 0.1) is 10.8 Å². The van der Waals surface area contributed by atoms with Crippen molar-refractivity contribution in [3.8, 4) is 0 Å². The minimum atomic E-state index is 0.367. The van der Waals surface area contributed by atoms with Crippen molar-refractivity contribution in [2.45, 2.75) is 39.5 Å². The van der Waals surface area contributed by atoms with Gasteiger partial charge < -0.3 is 15.0 Å². The number of ether oxygens (including phenoxy) is 1. The fourth-order valence-electron chi connectivity index (χ4n) is 3.81. The smallest absolute Gasteiger partial charge is 0.0547 e. The first kappa shape index (κ1) is 14.3. The topological polar surface area (TPSA) is 24.5 Å². The number of likely N-dealkylation sites (tertiary alicyclic amines) is 1. The molecule has 2 fully saturated rings. The molecule has 0 bridgehead atoms. The Hall–Kier alpha value is -0.120.